The Bertz CT molecular complexity index is 654. The Morgan fingerprint density at radius 3 is 2.48 bits per heavy atom. The number of aryl methyl sites for hydroxylation is 2. The molecule has 0 fully saturated rings. The van der Waals surface area contributed by atoms with Gasteiger partial charge in [0.25, 0.3) is 5.91 Å². The number of hydrogen-bond acceptors (Lipinski definition) is 5. The zero-order valence-corrected chi connectivity index (χ0v) is 12.8. The molecule has 0 saturated heterocycles. The molecular weight excluding hydrogens is 290 g/mol. The molecule has 7 heteroatoms. The summed E-state index contributed by atoms with van der Waals surface area (Å²) in [6.45, 7) is 6.33. The molecule has 2 aromatic heterocycles. The summed E-state index contributed by atoms with van der Waals surface area (Å²) in [5.74, 6) is 0.472. The van der Waals surface area contributed by atoms with Gasteiger partial charge in [-0.2, -0.15) is 0 Å². The fourth-order valence-electron chi connectivity index (χ4n) is 1.82. The number of nitrogens with zero attached hydrogens (tertiary/aromatic N) is 3. The Balaban J connectivity index is 2.18. The Morgan fingerprint density at radius 1 is 1.24 bits per heavy atom. The number of rotatable bonds is 4. The molecule has 0 spiro atoms. The highest BCUT2D eigenvalue weighted by Crippen LogP contribution is 2.20. The van der Waals surface area contributed by atoms with E-state index in [0.29, 0.717) is 22.9 Å². The number of hydrogen-bond donors (Lipinski definition) is 2. The first-order valence-electron chi connectivity index (χ1n) is 6.52. The van der Waals surface area contributed by atoms with Crippen LogP contribution in [0.1, 0.15) is 28.7 Å². The summed E-state index contributed by atoms with van der Waals surface area (Å²) in [4.78, 5) is 24.6. The van der Waals surface area contributed by atoms with E-state index in [1.165, 1.54) is 6.20 Å². The van der Waals surface area contributed by atoms with E-state index in [2.05, 4.69) is 25.6 Å². The standard InChI is InChI=1S/C14H16ClN5O/c1-4-16-12-11(15)6-10(7-17-12)13(21)20-14-18-8(2)5-9(3)19-14/h5-7H,4H2,1-3H3,(H,16,17)(H,18,19,20,21). The lowest BCUT2D eigenvalue weighted by molar-refractivity contribution is 0.102. The molecule has 2 rings (SSSR count). The van der Waals surface area contributed by atoms with Crippen molar-refractivity contribution in [2.45, 2.75) is 20.8 Å². The lowest BCUT2D eigenvalue weighted by Crippen LogP contribution is -2.15. The number of halogens is 1. The second-order valence-electron chi connectivity index (χ2n) is 4.51. The predicted molar refractivity (Wildman–Crippen MR) is 82.9 cm³/mol. The van der Waals surface area contributed by atoms with Crippen molar-refractivity contribution in [2.75, 3.05) is 17.2 Å². The van der Waals surface area contributed by atoms with E-state index in [1.807, 2.05) is 26.8 Å². The fraction of sp³-hybridized carbons (Fsp3) is 0.286. The molecule has 0 aromatic carbocycles. The van der Waals surface area contributed by atoms with Gasteiger partial charge in [-0.25, -0.2) is 15.0 Å². The van der Waals surface area contributed by atoms with E-state index < -0.39 is 0 Å². The van der Waals surface area contributed by atoms with Crippen LogP contribution in [0.4, 0.5) is 11.8 Å². The third-order valence-electron chi connectivity index (χ3n) is 2.66. The van der Waals surface area contributed by atoms with E-state index >= 15 is 0 Å². The molecule has 0 unspecified atom stereocenters. The highest BCUT2D eigenvalue weighted by atomic mass is 35.5. The molecule has 2 heterocycles. The summed E-state index contributed by atoms with van der Waals surface area (Å²) in [5, 5.41) is 6.04. The summed E-state index contributed by atoms with van der Waals surface area (Å²) in [6, 6.07) is 3.39. The van der Waals surface area contributed by atoms with Gasteiger partial charge in [0.05, 0.1) is 10.6 Å². The lowest BCUT2D eigenvalue weighted by atomic mass is 10.2. The van der Waals surface area contributed by atoms with Crippen LogP contribution in [0.5, 0.6) is 0 Å². The van der Waals surface area contributed by atoms with Crippen LogP contribution in [-0.4, -0.2) is 27.4 Å². The van der Waals surface area contributed by atoms with Gasteiger partial charge in [-0.05, 0) is 32.9 Å². The highest BCUT2D eigenvalue weighted by Gasteiger charge is 2.11. The van der Waals surface area contributed by atoms with Gasteiger partial charge in [0, 0.05) is 24.1 Å². The third kappa shape index (κ3) is 3.88. The molecular formula is C14H16ClN5O. The Labute approximate surface area is 128 Å². The van der Waals surface area contributed by atoms with Crippen LogP contribution in [0.2, 0.25) is 5.02 Å². The van der Waals surface area contributed by atoms with Crippen LogP contribution < -0.4 is 10.6 Å². The van der Waals surface area contributed by atoms with Crippen LogP contribution in [0.15, 0.2) is 18.3 Å². The maximum Gasteiger partial charge on any atom is 0.259 e. The quantitative estimate of drug-likeness (QED) is 0.908. The lowest BCUT2D eigenvalue weighted by Gasteiger charge is -2.08. The first-order valence-corrected chi connectivity index (χ1v) is 6.90. The maximum atomic E-state index is 12.1. The van der Waals surface area contributed by atoms with Crippen molar-refractivity contribution in [3.05, 3.63) is 40.3 Å². The average Bonchev–Trinajstić information content (AvgIpc) is 2.40. The van der Waals surface area contributed by atoms with Crippen LogP contribution in [0.3, 0.4) is 0 Å². The first kappa shape index (κ1) is 15.2. The van der Waals surface area contributed by atoms with Crippen molar-refractivity contribution in [2.24, 2.45) is 0 Å². The van der Waals surface area contributed by atoms with Gasteiger partial charge in [-0.3, -0.25) is 10.1 Å². The van der Waals surface area contributed by atoms with Crippen LogP contribution in [0.25, 0.3) is 0 Å². The molecule has 0 atom stereocenters. The Hall–Kier alpha value is -2.21. The number of amides is 1. The van der Waals surface area contributed by atoms with Crippen molar-refractivity contribution in [1.82, 2.24) is 15.0 Å². The van der Waals surface area contributed by atoms with Crippen LogP contribution in [-0.2, 0) is 0 Å². The van der Waals surface area contributed by atoms with Crippen molar-refractivity contribution in [3.63, 3.8) is 0 Å². The van der Waals surface area contributed by atoms with Crippen molar-refractivity contribution < 1.29 is 4.79 Å². The smallest absolute Gasteiger partial charge is 0.259 e. The fourth-order valence-corrected chi connectivity index (χ4v) is 2.05. The zero-order chi connectivity index (χ0) is 15.4. The highest BCUT2D eigenvalue weighted by molar-refractivity contribution is 6.33. The topological polar surface area (TPSA) is 79.8 Å². The summed E-state index contributed by atoms with van der Waals surface area (Å²) >= 11 is 6.07. The number of aromatic nitrogens is 3. The molecule has 6 nitrogen and oxygen atoms in total. The van der Waals surface area contributed by atoms with Gasteiger partial charge in [0.1, 0.15) is 5.82 Å². The largest absolute Gasteiger partial charge is 0.369 e. The number of nitrogens with one attached hydrogen (secondary N) is 2. The number of anilines is 2. The Morgan fingerprint density at radius 2 is 1.90 bits per heavy atom. The van der Waals surface area contributed by atoms with Crippen LogP contribution >= 0.6 is 11.6 Å². The summed E-state index contributed by atoms with van der Waals surface area (Å²) in [5.41, 5.74) is 1.93. The van der Waals surface area contributed by atoms with E-state index in [1.54, 1.807) is 6.07 Å². The molecule has 0 bridgehead atoms. The maximum absolute atomic E-state index is 12.1. The van der Waals surface area contributed by atoms with Crippen LogP contribution in [0, 0.1) is 13.8 Å². The van der Waals surface area contributed by atoms with Gasteiger partial charge in [0.15, 0.2) is 0 Å². The molecule has 2 aromatic rings. The first-order chi connectivity index (χ1) is 9.99. The summed E-state index contributed by atoms with van der Waals surface area (Å²) in [6.07, 6.45) is 1.46. The predicted octanol–water partition coefficient (Wildman–Crippen LogP) is 2.83. The van der Waals surface area contributed by atoms with Crippen molar-refractivity contribution in [1.29, 1.82) is 0 Å². The minimum atomic E-state index is -0.350. The number of pyridine rings is 1. The minimum absolute atomic E-state index is 0.268. The molecule has 21 heavy (non-hydrogen) atoms. The molecule has 110 valence electrons. The van der Waals surface area contributed by atoms with Gasteiger partial charge in [-0.1, -0.05) is 11.6 Å². The van der Waals surface area contributed by atoms with Gasteiger partial charge in [0.2, 0.25) is 5.95 Å². The summed E-state index contributed by atoms with van der Waals surface area (Å²) in [7, 11) is 0. The van der Waals surface area contributed by atoms with E-state index in [0.717, 1.165) is 11.4 Å². The molecule has 0 aliphatic rings. The number of carbonyl (C=O) groups excluding carboxylic acids is 1. The molecule has 2 N–H and O–H groups in total. The van der Waals surface area contributed by atoms with E-state index in [9.17, 15) is 4.79 Å². The zero-order valence-electron chi connectivity index (χ0n) is 12.1. The average molecular weight is 306 g/mol. The van der Waals surface area contributed by atoms with Gasteiger partial charge < -0.3 is 5.32 Å². The normalized spacial score (nSPS) is 10.3. The minimum Gasteiger partial charge on any atom is -0.369 e. The monoisotopic (exact) mass is 305 g/mol. The molecule has 0 saturated carbocycles. The SMILES string of the molecule is CCNc1ncc(C(=O)Nc2nc(C)cc(C)n2)cc1Cl. The molecule has 0 radical (unpaired) electrons. The molecule has 0 aliphatic heterocycles. The van der Waals surface area contributed by atoms with Gasteiger partial charge >= 0.3 is 0 Å². The van der Waals surface area contributed by atoms with Crippen molar-refractivity contribution in [3.8, 4) is 0 Å². The molecule has 1 amide bonds. The second-order valence-corrected chi connectivity index (χ2v) is 4.92. The van der Waals surface area contributed by atoms with Crippen molar-refractivity contribution >= 4 is 29.3 Å². The Kier molecular flexibility index (Phi) is 4.70. The van der Waals surface area contributed by atoms with E-state index in [4.69, 9.17) is 11.6 Å². The third-order valence-corrected chi connectivity index (χ3v) is 2.94. The summed E-state index contributed by atoms with van der Waals surface area (Å²) < 4.78 is 0. The second kappa shape index (κ2) is 6.49. The van der Waals surface area contributed by atoms with Gasteiger partial charge in [-0.15, -0.1) is 0 Å². The number of carbonyl (C=O) groups is 1. The molecule has 0 aliphatic carbocycles. The van der Waals surface area contributed by atoms with E-state index in [-0.39, 0.29) is 11.9 Å².